The van der Waals surface area contributed by atoms with Gasteiger partial charge in [-0.05, 0) is 37.1 Å². The average molecular weight is 267 g/mol. The Morgan fingerprint density at radius 1 is 1.32 bits per heavy atom. The molecule has 0 spiro atoms. The summed E-state index contributed by atoms with van der Waals surface area (Å²) >= 11 is 0. The number of hydrogen-bond acceptors (Lipinski definition) is 2. The highest BCUT2D eigenvalue weighted by Crippen LogP contribution is 2.22. The highest BCUT2D eigenvalue weighted by Gasteiger charge is 2.19. The van der Waals surface area contributed by atoms with Crippen molar-refractivity contribution >= 4 is 0 Å². The Labute approximate surface area is 116 Å². The van der Waals surface area contributed by atoms with Gasteiger partial charge in [0, 0.05) is 12.0 Å². The summed E-state index contributed by atoms with van der Waals surface area (Å²) in [5, 5.41) is 3.41. The van der Waals surface area contributed by atoms with E-state index >= 15 is 0 Å². The van der Waals surface area contributed by atoms with Crippen LogP contribution in [-0.4, -0.2) is 19.7 Å². The van der Waals surface area contributed by atoms with E-state index in [2.05, 4.69) is 33.0 Å². The van der Waals surface area contributed by atoms with E-state index < -0.39 is 0 Å². The summed E-state index contributed by atoms with van der Waals surface area (Å²) in [6.45, 7) is 12.9. The lowest BCUT2D eigenvalue weighted by Crippen LogP contribution is -2.36. The first-order valence-corrected chi connectivity index (χ1v) is 6.90. The van der Waals surface area contributed by atoms with E-state index in [4.69, 9.17) is 4.74 Å². The van der Waals surface area contributed by atoms with Crippen LogP contribution in [0.25, 0.3) is 0 Å². The van der Waals surface area contributed by atoms with Crippen LogP contribution < -0.4 is 10.1 Å². The number of aryl methyl sites for hydroxylation is 1. The lowest BCUT2D eigenvalue weighted by molar-refractivity contribution is 0.170. The van der Waals surface area contributed by atoms with Crippen molar-refractivity contribution in [1.82, 2.24) is 5.32 Å². The van der Waals surface area contributed by atoms with Gasteiger partial charge in [0.15, 0.2) is 11.6 Å². The van der Waals surface area contributed by atoms with Crippen LogP contribution in [0.4, 0.5) is 4.39 Å². The van der Waals surface area contributed by atoms with Crippen molar-refractivity contribution in [3.05, 3.63) is 29.6 Å². The van der Waals surface area contributed by atoms with Gasteiger partial charge in [0.1, 0.15) is 0 Å². The maximum absolute atomic E-state index is 13.6. The van der Waals surface area contributed by atoms with Crippen LogP contribution >= 0.6 is 0 Å². The molecule has 0 aliphatic heterocycles. The second kappa shape index (κ2) is 6.90. The van der Waals surface area contributed by atoms with Crippen molar-refractivity contribution in [2.45, 2.75) is 34.6 Å². The molecule has 0 saturated heterocycles. The molecule has 0 radical (unpaired) electrons. The van der Waals surface area contributed by atoms with Gasteiger partial charge in [-0.2, -0.15) is 0 Å². The Kier molecular flexibility index (Phi) is 5.80. The van der Waals surface area contributed by atoms with E-state index in [1.165, 1.54) is 6.07 Å². The molecule has 1 aromatic carbocycles. The molecule has 0 unspecified atom stereocenters. The second-order valence-electron chi connectivity index (χ2n) is 6.41. The van der Waals surface area contributed by atoms with E-state index in [9.17, 15) is 4.39 Å². The largest absolute Gasteiger partial charge is 0.490 e. The molecule has 3 heteroatoms. The van der Waals surface area contributed by atoms with Crippen LogP contribution in [0.3, 0.4) is 0 Å². The third-order valence-corrected chi connectivity index (χ3v) is 2.86. The number of ether oxygens (including phenoxy) is 1. The van der Waals surface area contributed by atoms with E-state index in [1.807, 2.05) is 6.92 Å². The van der Waals surface area contributed by atoms with Crippen molar-refractivity contribution in [2.75, 3.05) is 19.7 Å². The first-order valence-electron chi connectivity index (χ1n) is 6.90. The molecule has 0 fully saturated rings. The van der Waals surface area contributed by atoms with Crippen molar-refractivity contribution in [1.29, 1.82) is 0 Å². The zero-order chi connectivity index (χ0) is 14.5. The summed E-state index contributed by atoms with van der Waals surface area (Å²) in [7, 11) is 0. The third kappa shape index (κ3) is 6.06. The lowest BCUT2D eigenvalue weighted by atomic mass is 9.94. The molecule has 1 N–H and O–H groups in total. The van der Waals surface area contributed by atoms with E-state index in [-0.39, 0.29) is 11.2 Å². The van der Waals surface area contributed by atoms with Gasteiger partial charge in [0.05, 0.1) is 6.61 Å². The molecule has 0 bridgehead atoms. The Hall–Kier alpha value is -1.09. The number of halogens is 1. The molecular weight excluding hydrogens is 241 g/mol. The fourth-order valence-electron chi connectivity index (χ4n) is 1.74. The summed E-state index contributed by atoms with van der Waals surface area (Å²) < 4.78 is 19.2. The van der Waals surface area contributed by atoms with Crippen LogP contribution in [-0.2, 0) is 0 Å². The van der Waals surface area contributed by atoms with Crippen molar-refractivity contribution in [2.24, 2.45) is 11.3 Å². The average Bonchev–Trinajstić information content (AvgIpc) is 2.30. The van der Waals surface area contributed by atoms with Gasteiger partial charge in [-0.15, -0.1) is 0 Å². The quantitative estimate of drug-likeness (QED) is 0.811. The molecule has 0 heterocycles. The minimum atomic E-state index is -0.295. The molecule has 0 aromatic heterocycles. The SMILES string of the molecule is Cc1ccc(F)c(OCC(C)(C)CNCC(C)C)c1. The van der Waals surface area contributed by atoms with Crippen LogP contribution in [0, 0.1) is 24.1 Å². The highest BCUT2D eigenvalue weighted by molar-refractivity contribution is 5.29. The second-order valence-corrected chi connectivity index (χ2v) is 6.41. The fraction of sp³-hybridized carbons (Fsp3) is 0.625. The monoisotopic (exact) mass is 267 g/mol. The van der Waals surface area contributed by atoms with Crippen LogP contribution in [0.1, 0.15) is 33.3 Å². The Balaban J connectivity index is 2.47. The standard InChI is InChI=1S/C16H26FNO/c1-12(2)9-18-10-16(4,5)11-19-15-8-13(3)6-7-14(15)17/h6-8,12,18H,9-11H2,1-5H3. The van der Waals surface area contributed by atoms with Gasteiger partial charge < -0.3 is 10.1 Å². The zero-order valence-corrected chi connectivity index (χ0v) is 12.7. The van der Waals surface area contributed by atoms with Crippen molar-refractivity contribution < 1.29 is 9.13 Å². The van der Waals surface area contributed by atoms with Crippen LogP contribution in [0.5, 0.6) is 5.75 Å². The first-order chi connectivity index (χ1) is 8.80. The summed E-state index contributed by atoms with van der Waals surface area (Å²) in [6, 6.07) is 4.94. The maximum Gasteiger partial charge on any atom is 0.165 e. The van der Waals surface area contributed by atoms with Gasteiger partial charge in [-0.3, -0.25) is 0 Å². The zero-order valence-electron chi connectivity index (χ0n) is 12.7. The maximum atomic E-state index is 13.6. The van der Waals surface area contributed by atoms with Gasteiger partial charge in [0.2, 0.25) is 0 Å². The van der Waals surface area contributed by atoms with Gasteiger partial charge in [0.25, 0.3) is 0 Å². The topological polar surface area (TPSA) is 21.3 Å². The highest BCUT2D eigenvalue weighted by atomic mass is 19.1. The molecule has 0 aliphatic rings. The minimum absolute atomic E-state index is 0.0227. The predicted molar refractivity (Wildman–Crippen MR) is 78.1 cm³/mol. The molecule has 1 rings (SSSR count). The summed E-state index contributed by atoms with van der Waals surface area (Å²) in [5.74, 6) is 0.680. The van der Waals surface area contributed by atoms with Crippen molar-refractivity contribution in [3.63, 3.8) is 0 Å². The fourth-order valence-corrected chi connectivity index (χ4v) is 1.74. The Bertz CT molecular complexity index is 402. The molecule has 1 aromatic rings. The molecule has 108 valence electrons. The smallest absolute Gasteiger partial charge is 0.165 e. The normalized spacial score (nSPS) is 11.9. The molecule has 0 saturated carbocycles. The number of hydrogen-bond donors (Lipinski definition) is 1. The van der Waals surface area contributed by atoms with E-state index in [0.29, 0.717) is 18.3 Å². The Morgan fingerprint density at radius 3 is 2.63 bits per heavy atom. The summed E-state index contributed by atoms with van der Waals surface area (Å²) in [5.41, 5.74) is 0.984. The minimum Gasteiger partial charge on any atom is -0.490 e. The summed E-state index contributed by atoms with van der Waals surface area (Å²) in [6.07, 6.45) is 0. The van der Waals surface area contributed by atoms with Crippen molar-refractivity contribution in [3.8, 4) is 5.75 Å². The molecular formula is C16H26FNO. The van der Waals surface area contributed by atoms with Crippen LogP contribution in [0.15, 0.2) is 18.2 Å². The van der Waals surface area contributed by atoms with Crippen LogP contribution in [0.2, 0.25) is 0 Å². The van der Waals surface area contributed by atoms with Gasteiger partial charge in [-0.1, -0.05) is 33.8 Å². The Morgan fingerprint density at radius 2 is 2.00 bits per heavy atom. The molecule has 0 amide bonds. The van der Waals surface area contributed by atoms with E-state index in [0.717, 1.165) is 18.7 Å². The molecule has 0 atom stereocenters. The third-order valence-electron chi connectivity index (χ3n) is 2.86. The number of rotatable bonds is 7. The van der Waals surface area contributed by atoms with Gasteiger partial charge >= 0.3 is 0 Å². The van der Waals surface area contributed by atoms with Gasteiger partial charge in [-0.25, -0.2) is 4.39 Å². The molecule has 19 heavy (non-hydrogen) atoms. The lowest BCUT2D eigenvalue weighted by Gasteiger charge is -2.26. The number of nitrogens with one attached hydrogen (secondary N) is 1. The molecule has 2 nitrogen and oxygen atoms in total. The molecule has 0 aliphatic carbocycles. The summed E-state index contributed by atoms with van der Waals surface area (Å²) in [4.78, 5) is 0. The first kappa shape index (κ1) is 16.0. The number of benzene rings is 1. The predicted octanol–water partition coefficient (Wildman–Crippen LogP) is 3.78. The van der Waals surface area contributed by atoms with E-state index in [1.54, 1.807) is 12.1 Å².